The minimum Gasteiger partial charge on any atom is -0.478 e. The van der Waals surface area contributed by atoms with Gasteiger partial charge in [0.2, 0.25) is 0 Å². The number of nitrogens with one attached hydrogen (secondary N) is 1. The highest BCUT2D eigenvalue weighted by Crippen LogP contribution is 2.30. The molecule has 0 fully saturated rings. The molecular weight excluding hydrogens is 322 g/mol. The van der Waals surface area contributed by atoms with Gasteiger partial charge in [0.1, 0.15) is 5.75 Å². The molecule has 0 aromatic heterocycles. The SMILES string of the molecule is CC(C)(Oc1ccc(Cl)cc1)C(=O)N[C@H]1CCCc2ccccc21. The molecule has 0 saturated heterocycles. The molecule has 126 valence electrons. The van der Waals surface area contributed by atoms with Crippen molar-refractivity contribution in [3.8, 4) is 5.75 Å². The maximum atomic E-state index is 12.8. The smallest absolute Gasteiger partial charge is 0.264 e. The summed E-state index contributed by atoms with van der Waals surface area (Å²) >= 11 is 5.89. The number of benzene rings is 2. The lowest BCUT2D eigenvalue weighted by molar-refractivity contribution is -0.135. The zero-order valence-electron chi connectivity index (χ0n) is 14.0. The zero-order valence-corrected chi connectivity index (χ0v) is 14.8. The molecule has 3 rings (SSSR count). The summed E-state index contributed by atoms with van der Waals surface area (Å²) < 4.78 is 5.88. The van der Waals surface area contributed by atoms with Crippen LogP contribution in [-0.4, -0.2) is 11.5 Å². The van der Waals surface area contributed by atoms with E-state index < -0.39 is 5.60 Å². The molecule has 0 heterocycles. The van der Waals surface area contributed by atoms with Crippen LogP contribution in [-0.2, 0) is 11.2 Å². The maximum absolute atomic E-state index is 12.8. The summed E-state index contributed by atoms with van der Waals surface area (Å²) in [5.74, 6) is 0.516. The van der Waals surface area contributed by atoms with Gasteiger partial charge < -0.3 is 10.1 Å². The Labute approximate surface area is 148 Å². The molecule has 0 aliphatic heterocycles. The molecule has 1 atom stereocenters. The van der Waals surface area contributed by atoms with Gasteiger partial charge in [0.25, 0.3) is 5.91 Å². The summed E-state index contributed by atoms with van der Waals surface area (Å²) in [5.41, 5.74) is 1.59. The molecule has 0 radical (unpaired) electrons. The van der Waals surface area contributed by atoms with Crippen LogP contribution in [0.5, 0.6) is 5.75 Å². The van der Waals surface area contributed by atoms with Gasteiger partial charge in [0.05, 0.1) is 6.04 Å². The van der Waals surface area contributed by atoms with Crippen LogP contribution < -0.4 is 10.1 Å². The van der Waals surface area contributed by atoms with Crippen molar-refractivity contribution >= 4 is 17.5 Å². The van der Waals surface area contributed by atoms with Gasteiger partial charge in [-0.3, -0.25) is 4.79 Å². The number of rotatable bonds is 4. The van der Waals surface area contributed by atoms with Crippen LogP contribution in [0.25, 0.3) is 0 Å². The third kappa shape index (κ3) is 3.73. The monoisotopic (exact) mass is 343 g/mol. The van der Waals surface area contributed by atoms with Crippen molar-refractivity contribution in [2.24, 2.45) is 0 Å². The summed E-state index contributed by atoms with van der Waals surface area (Å²) in [6.07, 6.45) is 3.12. The summed E-state index contributed by atoms with van der Waals surface area (Å²) in [7, 11) is 0. The molecule has 24 heavy (non-hydrogen) atoms. The molecule has 4 heteroatoms. The van der Waals surface area contributed by atoms with E-state index in [1.54, 1.807) is 38.1 Å². The fraction of sp³-hybridized carbons (Fsp3) is 0.350. The zero-order chi connectivity index (χ0) is 17.2. The van der Waals surface area contributed by atoms with E-state index in [1.165, 1.54) is 11.1 Å². The third-order valence-corrected chi connectivity index (χ3v) is 4.66. The second-order valence-corrected chi connectivity index (χ2v) is 7.12. The normalized spacial score (nSPS) is 17.0. The van der Waals surface area contributed by atoms with Crippen molar-refractivity contribution in [3.05, 3.63) is 64.7 Å². The molecule has 0 bridgehead atoms. The molecule has 2 aromatic rings. The van der Waals surface area contributed by atoms with E-state index in [0.717, 1.165) is 19.3 Å². The van der Waals surface area contributed by atoms with E-state index in [4.69, 9.17) is 16.3 Å². The van der Waals surface area contributed by atoms with Gasteiger partial charge in [-0.2, -0.15) is 0 Å². The highest BCUT2D eigenvalue weighted by molar-refractivity contribution is 6.30. The van der Waals surface area contributed by atoms with E-state index >= 15 is 0 Å². The van der Waals surface area contributed by atoms with Gasteiger partial charge in [0.15, 0.2) is 5.60 Å². The van der Waals surface area contributed by atoms with Crippen LogP contribution in [0.2, 0.25) is 5.02 Å². The Hall–Kier alpha value is -2.00. The van der Waals surface area contributed by atoms with Crippen molar-refractivity contribution in [2.75, 3.05) is 0 Å². The fourth-order valence-corrected chi connectivity index (χ4v) is 3.21. The summed E-state index contributed by atoms with van der Waals surface area (Å²) in [6, 6.07) is 15.4. The first-order valence-corrected chi connectivity index (χ1v) is 8.67. The quantitative estimate of drug-likeness (QED) is 0.874. The van der Waals surface area contributed by atoms with E-state index in [0.29, 0.717) is 10.8 Å². The highest BCUT2D eigenvalue weighted by Gasteiger charge is 2.33. The average Bonchev–Trinajstić information content (AvgIpc) is 2.57. The second kappa shape index (κ2) is 6.86. The minimum absolute atomic E-state index is 0.0514. The third-order valence-electron chi connectivity index (χ3n) is 4.41. The van der Waals surface area contributed by atoms with Gasteiger partial charge in [-0.15, -0.1) is 0 Å². The Morgan fingerprint density at radius 1 is 1.17 bits per heavy atom. The van der Waals surface area contributed by atoms with E-state index in [2.05, 4.69) is 23.5 Å². The number of hydrogen-bond acceptors (Lipinski definition) is 2. The van der Waals surface area contributed by atoms with Crippen molar-refractivity contribution in [2.45, 2.75) is 44.8 Å². The highest BCUT2D eigenvalue weighted by atomic mass is 35.5. The Morgan fingerprint density at radius 3 is 2.62 bits per heavy atom. The lowest BCUT2D eigenvalue weighted by Crippen LogP contribution is -2.48. The number of carbonyl (C=O) groups excluding carboxylic acids is 1. The fourth-order valence-electron chi connectivity index (χ4n) is 3.08. The van der Waals surface area contributed by atoms with Gasteiger partial charge in [-0.25, -0.2) is 0 Å². The Balaban J connectivity index is 1.71. The van der Waals surface area contributed by atoms with E-state index in [9.17, 15) is 4.79 Å². The maximum Gasteiger partial charge on any atom is 0.264 e. The molecule has 1 N–H and O–H groups in total. The van der Waals surface area contributed by atoms with E-state index in [-0.39, 0.29) is 11.9 Å². The number of ether oxygens (including phenoxy) is 1. The van der Waals surface area contributed by atoms with Crippen molar-refractivity contribution in [1.29, 1.82) is 0 Å². The van der Waals surface area contributed by atoms with Crippen molar-refractivity contribution in [3.63, 3.8) is 0 Å². The molecule has 2 aromatic carbocycles. The molecule has 1 aliphatic rings. The van der Waals surface area contributed by atoms with Gasteiger partial charge >= 0.3 is 0 Å². The van der Waals surface area contributed by atoms with E-state index in [1.807, 2.05) is 6.07 Å². The number of carbonyl (C=O) groups is 1. The first-order chi connectivity index (χ1) is 11.5. The molecular formula is C20H22ClNO2. The average molecular weight is 344 g/mol. The van der Waals surface area contributed by atoms with Crippen LogP contribution in [0.4, 0.5) is 0 Å². The molecule has 0 spiro atoms. The van der Waals surface area contributed by atoms with Crippen LogP contribution in [0.1, 0.15) is 43.9 Å². The summed E-state index contributed by atoms with van der Waals surface area (Å²) in [4.78, 5) is 12.8. The molecule has 3 nitrogen and oxygen atoms in total. The number of halogens is 1. The van der Waals surface area contributed by atoms with Gasteiger partial charge in [0, 0.05) is 5.02 Å². The Morgan fingerprint density at radius 2 is 1.88 bits per heavy atom. The molecule has 0 saturated carbocycles. The van der Waals surface area contributed by atoms with Crippen molar-refractivity contribution < 1.29 is 9.53 Å². The predicted octanol–water partition coefficient (Wildman–Crippen LogP) is 4.69. The first-order valence-electron chi connectivity index (χ1n) is 8.29. The number of amides is 1. The molecule has 1 aliphatic carbocycles. The van der Waals surface area contributed by atoms with Crippen LogP contribution in [0, 0.1) is 0 Å². The van der Waals surface area contributed by atoms with Gasteiger partial charge in [-0.05, 0) is 68.5 Å². The summed E-state index contributed by atoms with van der Waals surface area (Å²) in [6.45, 7) is 3.57. The predicted molar refractivity (Wildman–Crippen MR) is 96.4 cm³/mol. The van der Waals surface area contributed by atoms with Gasteiger partial charge in [-0.1, -0.05) is 35.9 Å². The van der Waals surface area contributed by atoms with Crippen LogP contribution in [0.3, 0.4) is 0 Å². The largest absolute Gasteiger partial charge is 0.478 e. The summed E-state index contributed by atoms with van der Waals surface area (Å²) in [5, 5.41) is 3.80. The lowest BCUT2D eigenvalue weighted by Gasteiger charge is -2.31. The van der Waals surface area contributed by atoms with Crippen LogP contribution >= 0.6 is 11.6 Å². The second-order valence-electron chi connectivity index (χ2n) is 6.68. The minimum atomic E-state index is -0.958. The topological polar surface area (TPSA) is 38.3 Å². The number of hydrogen-bond donors (Lipinski definition) is 1. The number of fused-ring (bicyclic) bond motifs is 1. The Kier molecular flexibility index (Phi) is 4.81. The molecule has 0 unspecified atom stereocenters. The Bertz CT molecular complexity index is 725. The number of aryl methyl sites for hydroxylation is 1. The van der Waals surface area contributed by atoms with Crippen LogP contribution in [0.15, 0.2) is 48.5 Å². The lowest BCUT2D eigenvalue weighted by atomic mass is 9.87. The molecule has 1 amide bonds. The standard InChI is InChI=1S/C20H22ClNO2/c1-20(2,24-16-12-10-15(21)11-13-16)19(23)22-18-9-5-7-14-6-3-4-8-17(14)18/h3-4,6,8,10-13,18H,5,7,9H2,1-2H3,(H,22,23)/t18-/m0/s1. The first kappa shape index (κ1) is 16.8. The van der Waals surface area contributed by atoms with Crippen molar-refractivity contribution in [1.82, 2.24) is 5.32 Å².